The normalized spacial score (nSPS) is 18.8. The molecule has 0 bridgehead atoms. The molecule has 0 amide bonds. The van der Waals surface area contributed by atoms with E-state index in [2.05, 4.69) is 6.58 Å². The largest absolute Gasteiger partial charge is 0.494 e. The molecule has 0 fully saturated rings. The van der Waals surface area contributed by atoms with Crippen LogP contribution in [0.4, 0.5) is 0 Å². The van der Waals surface area contributed by atoms with E-state index < -0.39 is 0 Å². The van der Waals surface area contributed by atoms with Crippen LogP contribution in [-0.2, 0) is 4.74 Å². The Morgan fingerprint density at radius 3 is 2.88 bits per heavy atom. The molecule has 0 aliphatic carbocycles. The molecule has 3 radical (unpaired) electrons. The Morgan fingerprint density at radius 2 is 2.50 bits per heavy atom. The van der Waals surface area contributed by atoms with E-state index in [4.69, 9.17) is 4.74 Å². The van der Waals surface area contributed by atoms with Gasteiger partial charge in [-0.2, -0.15) is 0 Å². The maximum Gasteiger partial charge on any atom is 0.139 e. The second kappa shape index (κ2) is 2.55. The number of hydrogen-bond donors (Lipinski definition) is 0. The summed E-state index contributed by atoms with van der Waals surface area (Å²) in [5, 5.41) is 0. The Morgan fingerprint density at radius 1 is 1.62 bits per heavy atom. The van der Waals surface area contributed by atoms with Crippen LogP contribution in [0.25, 0.3) is 0 Å². The van der Waals surface area contributed by atoms with Gasteiger partial charge >= 0.3 is 0 Å². The Hall–Kier alpha value is -0.720. The van der Waals surface area contributed by atoms with E-state index in [9.17, 15) is 0 Å². The third-order valence-corrected chi connectivity index (χ3v) is 0.886. The lowest BCUT2D eigenvalue weighted by Crippen LogP contribution is -1.92. The lowest BCUT2D eigenvalue weighted by Gasteiger charge is -2.07. The Balaban J connectivity index is 2.49. The minimum atomic E-state index is 1.01. The molecule has 0 saturated carbocycles. The zero-order chi connectivity index (χ0) is 5.82. The maximum atomic E-state index is 4.83. The SMILES string of the molecule is C=CC1=CO[CH][CH][CH]1. The third-order valence-electron chi connectivity index (χ3n) is 0.886. The number of rotatable bonds is 1. The van der Waals surface area contributed by atoms with Crippen LogP contribution in [-0.4, -0.2) is 0 Å². The summed E-state index contributed by atoms with van der Waals surface area (Å²) >= 11 is 0. The lowest BCUT2D eigenvalue weighted by atomic mass is 10.1. The Labute approximate surface area is 49.7 Å². The van der Waals surface area contributed by atoms with Crippen LogP contribution in [0.1, 0.15) is 0 Å². The highest BCUT2D eigenvalue weighted by atomic mass is 16.5. The van der Waals surface area contributed by atoms with Crippen LogP contribution in [0.3, 0.4) is 0 Å². The fourth-order valence-corrected chi connectivity index (χ4v) is 0.469. The second-order valence-corrected chi connectivity index (χ2v) is 1.45. The van der Waals surface area contributed by atoms with Gasteiger partial charge in [-0.3, -0.25) is 0 Å². The molecule has 0 aromatic heterocycles. The van der Waals surface area contributed by atoms with Crippen molar-refractivity contribution in [2.24, 2.45) is 0 Å². The quantitative estimate of drug-likeness (QED) is 0.495. The van der Waals surface area contributed by atoms with E-state index in [-0.39, 0.29) is 0 Å². The molecular weight excluding hydrogens is 100 g/mol. The van der Waals surface area contributed by atoms with Gasteiger partial charge in [-0.15, -0.1) is 0 Å². The molecule has 0 aromatic carbocycles. The molecule has 8 heavy (non-hydrogen) atoms. The van der Waals surface area contributed by atoms with Gasteiger partial charge in [-0.1, -0.05) is 12.7 Å². The summed E-state index contributed by atoms with van der Waals surface area (Å²) < 4.78 is 4.83. The van der Waals surface area contributed by atoms with Gasteiger partial charge in [-0.05, 0) is 5.57 Å². The maximum absolute atomic E-state index is 4.83. The smallest absolute Gasteiger partial charge is 0.139 e. The third kappa shape index (κ3) is 1.12. The van der Waals surface area contributed by atoms with E-state index in [1.165, 1.54) is 0 Å². The van der Waals surface area contributed by atoms with Crippen molar-refractivity contribution in [2.75, 3.05) is 0 Å². The van der Waals surface area contributed by atoms with E-state index in [1.807, 2.05) is 12.8 Å². The van der Waals surface area contributed by atoms with Crippen molar-refractivity contribution in [1.29, 1.82) is 0 Å². The van der Waals surface area contributed by atoms with Gasteiger partial charge in [0.25, 0.3) is 0 Å². The van der Waals surface area contributed by atoms with Gasteiger partial charge in [-0.25, -0.2) is 0 Å². The zero-order valence-electron chi connectivity index (χ0n) is 4.50. The summed E-state index contributed by atoms with van der Waals surface area (Å²) in [6.07, 6.45) is 7.14. The summed E-state index contributed by atoms with van der Waals surface area (Å²) in [7, 11) is 0. The van der Waals surface area contributed by atoms with Crippen molar-refractivity contribution < 1.29 is 4.74 Å². The van der Waals surface area contributed by atoms with Crippen molar-refractivity contribution in [1.82, 2.24) is 0 Å². The van der Waals surface area contributed by atoms with Crippen LogP contribution in [0.5, 0.6) is 0 Å². The number of allylic oxidation sites excluding steroid dienone is 2. The molecule has 0 spiro atoms. The van der Waals surface area contributed by atoms with Crippen LogP contribution in [0, 0.1) is 19.4 Å². The minimum Gasteiger partial charge on any atom is -0.494 e. The van der Waals surface area contributed by atoms with Crippen molar-refractivity contribution in [2.45, 2.75) is 0 Å². The van der Waals surface area contributed by atoms with Gasteiger partial charge in [0.05, 0.1) is 6.26 Å². The Kier molecular flexibility index (Phi) is 1.73. The van der Waals surface area contributed by atoms with Crippen molar-refractivity contribution in [3.63, 3.8) is 0 Å². The molecule has 41 valence electrons. The fraction of sp³-hybridized carbons (Fsp3) is 0. The lowest BCUT2D eigenvalue weighted by molar-refractivity contribution is 0.339. The first-order chi connectivity index (χ1) is 3.93. The highest BCUT2D eigenvalue weighted by molar-refractivity contribution is 5.30. The minimum absolute atomic E-state index is 1.01. The van der Waals surface area contributed by atoms with E-state index in [1.54, 1.807) is 18.9 Å². The molecule has 1 heterocycles. The average molecular weight is 107 g/mol. The highest BCUT2D eigenvalue weighted by Crippen LogP contribution is 2.11. The number of ether oxygens (including phenoxy) is 1. The predicted molar refractivity (Wildman–Crippen MR) is 32.3 cm³/mol. The van der Waals surface area contributed by atoms with Gasteiger partial charge < -0.3 is 4.74 Å². The molecule has 1 nitrogen and oxygen atoms in total. The predicted octanol–water partition coefficient (Wildman–Crippen LogP) is 1.66. The van der Waals surface area contributed by atoms with Gasteiger partial charge in [0.2, 0.25) is 0 Å². The highest BCUT2D eigenvalue weighted by Gasteiger charge is 1.99. The van der Waals surface area contributed by atoms with Gasteiger partial charge in [0, 0.05) is 12.8 Å². The standard InChI is InChI=1S/C7H7O/c1-2-7-4-3-5-8-6-7/h2-6H,1H2. The van der Waals surface area contributed by atoms with E-state index >= 15 is 0 Å². The van der Waals surface area contributed by atoms with Crippen LogP contribution >= 0.6 is 0 Å². The van der Waals surface area contributed by atoms with Crippen LogP contribution in [0.2, 0.25) is 0 Å². The molecule has 1 aliphatic heterocycles. The zero-order valence-corrected chi connectivity index (χ0v) is 4.50. The van der Waals surface area contributed by atoms with Crippen LogP contribution in [0.15, 0.2) is 24.5 Å². The van der Waals surface area contributed by atoms with Gasteiger partial charge in [0.15, 0.2) is 0 Å². The van der Waals surface area contributed by atoms with Crippen molar-refractivity contribution in [3.8, 4) is 0 Å². The molecule has 0 atom stereocenters. The molecule has 0 aromatic rings. The fourth-order valence-electron chi connectivity index (χ4n) is 0.469. The van der Waals surface area contributed by atoms with Crippen molar-refractivity contribution >= 4 is 0 Å². The molecule has 1 heteroatoms. The van der Waals surface area contributed by atoms with Gasteiger partial charge in [0.1, 0.15) is 6.61 Å². The second-order valence-electron chi connectivity index (χ2n) is 1.45. The summed E-state index contributed by atoms with van der Waals surface area (Å²) in [6.45, 7) is 5.19. The molecule has 1 aliphatic rings. The summed E-state index contributed by atoms with van der Waals surface area (Å²) in [5.41, 5.74) is 1.01. The molecule has 0 N–H and O–H groups in total. The molecule has 0 unspecified atom stereocenters. The monoisotopic (exact) mass is 107 g/mol. The Bertz CT molecular complexity index is 114. The summed E-state index contributed by atoms with van der Waals surface area (Å²) in [4.78, 5) is 0. The first-order valence-electron chi connectivity index (χ1n) is 2.41. The topological polar surface area (TPSA) is 9.23 Å². The first kappa shape index (κ1) is 5.42. The summed E-state index contributed by atoms with van der Waals surface area (Å²) in [5.74, 6) is 0. The molecule has 0 saturated heterocycles. The average Bonchev–Trinajstić information content (AvgIpc) is 1.90. The van der Waals surface area contributed by atoms with Crippen molar-refractivity contribution in [3.05, 3.63) is 43.9 Å². The number of hydrogen-bond acceptors (Lipinski definition) is 1. The first-order valence-corrected chi connectivity index (χ1v) is 2.41. The van der Waals surface area contributed by atoms with E-state index in [0.29, 0.717) is 0 Å². The van der Waals surface area contributed by atoms with E-state index in [0.717, 1.165) is 5.57 Å². The molecule has 1 rings (SSSR count). The molecular formula is C7H7O. The van der Waals surface area contributed by atoms with Crippen LogP contribution < -0.4 is 0 Å². The summed E-state index contributed by atoms with van der Waals surface area (Å²) in [6, 6.07) is 0.